The molecule has 2 aliphatic rings. The molecule has 0 fully saturated rings. The minimum Gasteiger partial charge on any atom is -0.497 e. The second-order valence-corrected chi connectivity index (χ2v) is 21.8. The van der Waals surface area contributed by atoms with Crippen molar-refractivity contribution < 1.29 is 52.8 Å². The SMILES string of the molecule is CC(C(=O)O)N1CCc2sc(-c3nc(Nc4ccnn4C)ncc3Cl)cc2C1=O.COc1cc(F)cc([C@@H](CO)NC(=O)[C@@H](C)N2CCc3sc(-c4nc(Nc5ccnn5C)ncc4Cl)cc3C2=O)c1.COc1cc(F)cc([C@H](N)CO)c1. The number of fused-ring (bicyclic) bond motifs is 2. The van der Waals surface area contributed by atoms with E-state index in [1.54, 1.807) is 73.1 Å². The van der Waals surface area contributed by atoms with E-state index in [9.17, 15) is 38.2 Å². The predicted octanol–water partition coefficient (Wildman–Crippen LogP) is 7.35. The van der Waals surface area contributed by atoms with E-state index in [2.05, 4.69) is 46.1 Å². The number of halogens is 4. The van der Waals surface area contributed by atoms with Gasteiger partial charge in [0, 0.05) is 74.0 Å². The third-order valence-electron chi connectivity index (χ3n) is 13.3. The van der Waals surface area contributed by atoms with Crippen molar-refractivity contribution in [3.63, 3.8) is 0 Å². The number of carbonyl (C=O) groups excluding carboxylic acids is 3. The molecule has 0 bridgehead atoms. The van der Waals surface area contributed by atoms with E-state index >= 15 is 0 Å². The molecular formula is C54H56Cl2F2N14O9S2. The highest BCUT2D eigenvalue weighted by atomic mass is 35.5. The lowest BCUT2D eigenvalue weighted by Gasteiger charge is -2.32. The fourth-order valence-electron chi connectivity index (χ4n) is 8.67. The summed E-state index contributed by atoms with van der Waals surface area (Å²) in [6.07, 6.45) is 7.42. The van der Waals surface area contributed by atoms with E-state index in [1.807, 2.05) is 0 Å². The Labute approximate surface area is 491 Å². The van der Waals surface area contributed by atoms with Crippen LogP contribution in [0.25, 0.3) is 21.1 Å². The molecule has 0 saturated carbocycles. The minimum absolute atomic E-state index is 0.216. The zero-order valence-corrected chi connectivity index (χ0v) is 48.4. The lowest BCUT2D eigenvalue weighted by Crippen LogP contribution is -2.51. The monoisotopic (exact) mass is 1220 g/mol. The fraction of sp³-hybridized carbons (Fsp3) is 0.296. The van der Waals surface area contributed by atoms with E-state index in [0.29, 0.717) is 98.0 Å². The maximum absolute atomic E-state index is 14.0. The summed E-state index contributed by atoms with van der Waals surface area (Å²) in [5.41, 5.74) is 8.35. The van der Waals surface area contributed by atoms with E-state index < -0.39 is 54.3 Å². The summed E-state index contributed by atoms with van der Waals surface area (Å²) >= 11 is 15.6. The molecule has 10 rings (SSSR count). The van der Waals surface area contributed by atoms with Crippen LogP contribution in [0.1, 0.15) is 67.5 Å². The highest BCUT2D eigenvalue weighted by Gasteiger charge is 2.36. The van der Waals surface area contributed by atoms with Crippen LogP contribution in [0.3, 0.4) is 0 Å². The van der Waals surface area contributed by atoms with Gasteiger partial charge in [-0.3, -0.25) is 23.7 Å². The first kappa shape index (κ1) is 60.9. The number of hydrogen-bond donors (Lipinski definition) is 7. The topological polar surface area (TPSA) is 303 Å². The van der Waals surface area contributed by atoms with Crippen molar-refractivity contribution >= 4 is 93.1 Å². The van der Waals surface area contributed by atoms with Crippen molar-refractivity contribution in [2.45, 2.75) is 50.9 Å². The first-order valence-corrected chi connectivity index (χ1v) is 27.7. The van der Waals surface area contributed by atoms with Gasteiger partial charge < -0.3 is 56.3 Å². The number of carbonyl (C=O) groups is 4. The van der Waals surface area contributed by atoms with Gasteiger partial charge in [0.05, 0.1) is 95.2 Å². The molecule has 0 saturated heterocycles. The van der Waals surface area contributed by atoms with Gasteiger partial charge in [-0.25, -0.2) is 33.5 Å². The fourth-order valence-corrected chi connectivity index (χ4v) is 11.5. The molecule has 6 aromatic heterocycles. The Hall–Kier alpha value is -8.18. The van der Waals surface area contributed by atoms with E-state index in [4.69, 9.17) is 43.5 Å². The number of aliphatic hydroxyl groups is 2. The summed E-state index contributed by atoms with van der Waals surface area (Å²) in [4.78, 5) is 74.3. The molecule has 3 amide bonds. The summed E-state index contributed by atoms with van der Waals surface area (Å²) in [5.74, 6) is -0.321. The van der Waals surface area contributed by atoms with Crippen LogP contribution in [-0.2, 0) is 36.5 Å². The third kappa shape index (κ3) is 14.2. The van der Waals surface area contributed by atoms with Crippen LogP contribution in [0.4, 0.5) is 32.3 Å². The van der Waals surface area contributed by atoms with E-state index in [-0.39, 0.29) is 24.2 Å². The number of benzene rings is 2. The number of amides is 3. The first-order chi connectivity index (χ1) is 39.7. The van der Waals surface area contributed by atoms with Gasteiger partial charge in [-0.05, 0) is 61.4 Å². The summed E-state index contributed by atoms with van der Waals surface area (Å²) < 4.78 is 40.1. The van der Waals surface area contributed by atoms with Crippen molar-refractivity contribution in [2.75, 3.05) is 51.2 Å². The van der Waals surface area contributed by atoms with Crippen molar-refractivity contribution in [3.05, 3.63) is 139 Å². The number of hydrogen-bond acceptors (Lipinski definition) is 19. The number of ether oxygens (including phenoxy) is 2. The molecule has 8 N–H and O–H groups in total. The normalized spacial score (nSPS) is 14.2. The van der Waals surface area contributed by atoms with Gasteiger partial charge in [0.15, 0.2) is 0 Å². The summed E-state index contributed by atoms with van der Waals surface area (Å²) in [6.45, 7) is 3.13. The average Bonchev–Trinajstić information content (AvgIpc) is 3.42. The number of carboxylic acid groups (broad SMARTS) is 1. The molecule has 4 atom stereocenters. The number of aryl methyl sites for hydroxylation is 2. The predicted molar refractivity (Wildman–Crippen MR) is 308 cm³/mol. The van der Waals surface area contributed by atoms with Crippen molar-refractivity contribution in [3.8, 4) is 32.6 Å². The van der Waals surface area contributed by atoms with Crippen LogP contribution in [-0.4, -0.2) is 141 Å². The molecular weight excluding hydrogens is 1160 g/mol. The van der Waals surface area contributed by atoms with Gasteiger partial charge in [0.2, 0.25) is 17.8 Å². The second-order valence-electron chi connectivity index (χ2n) is 18.7. The van der Waals surface area contributed by atoms with Crippen molar-refractivity contribution in [1.82, 2.24) is 54.6 Å². The van der Waals surface area contributed by atoms with E-state index in [1.165, 1.54) is 96.3 Å². The van der Waals surface area contributed by atoms with Gasteiger partial charge in [-0.15, -0.1) is 22.7 Å². The van der Waals surface area contributed by atoms with Crippen molar-refractivity contribution in [1.29, 1.82) is 0 Å². The summed E-state index contributed by atoms with van der Waals surface area (Å²) in [7, 11) is 6.43. The number of aliphatic carboxylic acids is 1. The number of nitrogens with one attached hydrogen (secondary N) is 3. The van der Waals surface area contributed by atoms with Crippen molar-refractivity contribution in [2.24, 2.45) is 19.8 Å². The molecule has 0 radical (unpaired) electrons. The average molecular weight is 1220 g/mol. The van der Waals surface area contributed by atoms with E-state index in [0.717, 1.165) is 20.4 Å². The minimum atomic E-state index is -1.03. The Morgan fingerprint density at radius 3 is 1.59 bits per heavy atom. The zero-order valence-electron chi connectivity index (χ0n) is 45.3. The number of nitrogens with two attached hydrogens (primary N) is 1. The van der Waals surface area contributed by atoms with Gasteiger partial charge >= 0.3 is 5.97 Å². The molecule has 1 unspecified atom stereocenters. The van der Waals surface area contributed by atoms with Gasteiger partial charge in [-0.1, -0.05) is 23.2 Å². The quantitative estimate of drug-likeness (QED) is 0.0468. The third-order valence-corrected chi connectivity index (χ3v) is 16.2. The molecule has 29 heteroatoms. The molecule has 2 aromatic carbocycles. The smallest absolute Gasteiger partial charge is 0.326 e. The Kier molecular flexibility index (Phi) is 19.7. The van der Waals surface area contributed by atoms with Crippen LogP contribution >= 0.6 is 45.9 Å². The Morgan fingerprint density at radius 2 is 1.17 bits per heavy atom. The number of aromatic nitrogens is 8. The molecule has 0 spiro atoms. The van der Waals surface area contributed by atoms with Crippen LogP contribution < -0.4 is 31.2 Å². The molecule has 436 valence electrons. The number of aliphatic hydroxyl groups excluding tert-OH is 2. The molecule has 2 aliphatic heterocycles. The van der Waals surface area contributed by atoms with Crippen LogP contribution in [0.5, 0.6) is 11.5 Å². The Morgan fingerprint density at radius 1 is 0.711 bits per heavy atom. The highest BCUT2D eigenvalue weighted by molar-refractivity contribution is 7.16. The summed E-state index contributed by atoms with van der Waals surface area (Å²) in [6, 6.07) is 12.0. The van der Waals surface area contributed by atoms with Crippen LogP contribution in [0.15, 0.2) is 85.5 Å². The lowest BCUT2D eigenvalue weighted by molar-refractivity contribution is -0.141. The molecule has 23 nitrogen and oxygen atoms in total. The molecule has 8 aromatic rings. The van der Waals surface area contributed by atoms with Crippen LogP contribution in [0, 0.1) is 11.6 Å². The Bertz CT molecular complexity index is 3680. The summed E-state index contributed by atoms with van der Waals surface area (Å²) in [5, 5.41) is 45.7. The van der Waals surface area contributed by atoms with Gasteiger partial charge in [0.1, 0.15) is 58.2 Å². The highest BCUT2D eigenvalue weighted by Crippen LogP contribution is 2.40. The lowest BCUT2D eigenvalue weighted by atomic mass is 10.0. The maximum atomic E-state index is 14.0. The Balaban J connectivity index is 0.000000185. The largest absolute Gasteiger partial charge is 0.497 e. The van der Waals surface area contributed by atoms with Gasteiger partial charge in [0.25, 0.3) is 11.8 Å². The molecule has 83 heavy (non-hydrogen) atoms. The number of rotatable bonds is 17. The van der Waals surface area contributed by atoms with Crippen LogP contribution in [0.2, 0.25) is 10.0 Å². The number of thiophene rings is 2. The molecule has 0 aliphatic carbocycles. The second kappa shape index (κ2) is 26.8. The number of carboxylic acids is 1. The van der Waals surface area contributed by atoms with Gasteiger partial charge in [-0.2, -0.15) is 10.2 Å². The standard InChI is InChI=1S/C27H27ClFN7O4S.C18H17ClN6O3S.C9H12FNO2/c1-14(25(38)32-20(13-37)15-8-16(29)10-17(9-15)40-3)36-7-5-21-18(26(36)39)11-22(41-21)24-19(28)12-30-27(34-24)33-23-4-6-31-35(23)2;1-9(17(27)28)25-6-4-12-10(16(25)26)7-13(29-12)15-11(19)8-20-18(23-15)22-14-3-5-21-24(14)2;1-13-8-3-6(9(11)5-12)2-7(10)4-8/h4,6,8-12,14,20,37H,5,7,13H2,1-3H3,(H,32,38)(H,30,33,34);3,5,7-9H,4,6H2,1-2H3,(H,27,28)(H,20,22,23);2-4,9,12H,5,11H2,1H3/t14-,20-;;9-/m1.1/s1. The molecule has 8 heterocycles. The maximum Gasteiger partial charge on any atom is 0.326 e. The first-order valence-electron chi connectivity index (χ1n) is 25.3. The number of methoxy groups -OCH3 is 2. The number of nitrogens with zero attached hydrogens (tertiary/aromatic N) is 10. The zero-order chi connectivity index (χ0) is 59.8. The number of anilines is 4.